The summed E-state index contributed by atoms with van der Waals surface area (Å²) in [6, 6.07) is 5.94. The summed E-state index contributed by atoms with van der Waals surface area (Å²) < 4.78 is 36.3. The fraction of sp³-hybridized carbons (Fsp3) is 0.300. The van der Waals surface area contributed by atoms with Gasteiger partial charge in [-0.25, -0.2) is 0 Å². The van der Waals surface area contributed by atoms with E-state index in [0.717, 1.165) is 6.92 Å². The standard InChI is InChI=1S/C10H10F3NO/c1-7(10(11,12)13)14-9(15)8-5-3-2-4-6-8/h2-7H,1H3,(H,14,15). The maximum Gasteiger partial charge on any atom is 0.408 e. The summed E-state index contributed by atoms with van der Waals surface area (Å²) in [6.45, 7) is 0.904. The molecule has 1 rings (SSSR count). The molecule has 5 heteroatoms. The lowest BCUT2D eigenvalue weighted by Gasteiger charge is -2.16. The minimum atomic E-state index is -4.41. The van der Waals surface area contributed by atoms with Crippen molar-refractivity contribution in [1.29, 1.82) is 0 Å². The van der Waals surface area contributed by atoms with Crippen LogP contribution >= 0.6 is 0 Å². The van der Waals surface area contributed by atoms with Gasteiger partial charge in [-0.15, -0.1) is 0 Å². The highest BCUT2D eigenvalue weighted by Gasteiger charge is 2.36. The van der Waals surface area contributed by atoms with Gasteiger partial charge in [0.2, 0.25) is 0 Å². The molecule has 1 aromatic rings. The van der Waals surface area contributed by atoms with Gasteiger partial charge in [-0.05, 0) is 19.1 Å². The Balaban J connectivity index is 2.65. The molecule has 1 unspecified atom stereocenters. The maximum atomic E-state index is 12.1. The van der Waals surface area contributed by atoms with E-state index in [0.29, 0.717) is 0 Å². The molecule has 0 heterocycles. The Morgan fingerprint density at radius 1 is 1.27 bits per heavy atom. The van der Waals surface area contributed by atoms with Crippen LogP contribution in [-0.2, 0) is 0 Å². The molecule has 0 spiro atoms. The van der Waals surface area contributed by atoms with Gasteiger partial charge in [0.1, 0.15) is 6.04 Å². The summed E-state index contributed by atoms with van der Waals surface area (Å²) in [4.78, 5) is 11.3. The van der Waals surface area contributed by atoms with Gasteiger partial charge < -0.3 is 5.32 Å². The summed E-state index contributed by atoms with van der Waals surface area (Å²) in [6.07, 6.45) is -4.41. The third-order valence-electron chi connectivity index (χ3n) is 1.87. The lowest BCUT2D eigenvalue weighted by molar-refractivity contribution is -0.149. The van der Waals surface area contributed by atoms with E-state index < -0.39 is 18.1 Å². The Bertz CT molecular complexity index is 334. The molecule has 0 fully saturated rings. The van der Waals surface area contributed by atoms with E-state index in [1.54, 1.807) is 18.2 Å². The van der Waals surface area contributed by atoms with Crippen LogP contribution in [0.15, 0.2) is 30.3 Å². The molecule has 0 bridgehead atoms. The van der Waals surface area contributed by atoms with Gasteiger partial charge in [0.05, 0.1) is 0 Å². The van der Waals surface area contributed by atoms with Crippen LogP contribution in [0.25, 0.3) is 0 Å². The van der Waals surface area contributed by atoms with Gasteiger partial charge in [0.25, 0.3) is 5.91 Å². The zero-order chi connectivity index (χ0) is 11.5. The number of nitrogens with one attached hydrogen (secondary N) is 1. The van der Waals surface area contributed by atoms with E-state index in [1.807, 2.05) is 5.32 Å². The molecule has 2 nitrogen and oxygen atoms in total. The maximum absolute atomic E-state index is 12.1. The molecule has 0 aromatic heterocycles. The second-order valence-electron chi connectivity index (χ2n) is 3.10. The second-order valence-corrected chi connectivity index (χ2v) is 3.10. The van der Waals surface area contributed by atoms with E-state index in [-0.39, 0.29) is 5.56 Å². The predicted octanol–water partition coefficient (Wildman–Crippen LogP) is 2.37. The molecule has 1 N–H and O–H groups in total. The molecule has 0 radical (unpaired) electrons. The highest BCUT2D eigenvalue weighted by molar-refractivity contribution is 5.94. The average molecular weight is 217 g/mol. The largest absolute Gasteiger partial charge is 0.408 e. The van der Waals surface area contributed by atoms with Gasteiger partial charge >= 0.3 is 6.18 Å². The number of amides is 1. The zero-order valence-electron chi connectivity index (χ0n) is 8.01. The van der Waals surface area contributed by atoms with Crippen molar-refractivity contribution >= 4 is 5.91 Å². The Kier molecular flexibility index (Phi) is 3.34. The van der Waals surface area contributed by atoms with Crippen molar-refractivity contribution < 1.29 is 18.0 Å². The Hall–Kier alpha value is -1.52. The molecular weight excluding hydrogens is 207 g/mol. The first-order chi connectivity index (χ1) is 6.91. The highest BCUT2D eigenvalue weighted by atomic mass is 19.4. The van der Waals surface area contributed by atoms with E-state index >= 15 is 0 Å². The summed E-state index contributed by atoms with van der Waals surface area (Å²) in [7, 11) is 0. The van der Waals surface area contributed by atoms with Gasteiger partial charge in [-0.3, -0.25) is 4.79 Å². The third kappa shape index (κ3) is 3.27. The number of carbonyl (C=O) groups is 1. The van der Waals surface area contributed by atoms with Crippen molar-refractivity contribution in [3.8, 4) is 0 Å². The van der Waals surface area contributed by atoms with Crippen molar-refractivity contribution in [1.82, 2.24) is 5.32 Å². The normalized spacial score (nSPS) is 13.3. The fourth-order valence-corrected chi connectivity index (χ4v) is 0.951. The monoisotopic (exact) mass is 217 g/mol. The SMILES string of the molecule is CC(NC(=O)c1ccccc1)C(F)(F)F. The summed E-state index contributed by atoms with van der Waals surface area (Å²) in [5.74, 6) is -0.722. The number of alkyl halides is 3. The Morgan fingerprint density at radius 3 is 2.27 bits per heavy atom. The number of halogens is 3. The zero-order valence-corrected chi connectivity index (χ0v) is 8.01. The fourth-order valence-electron chi connectivity index (χ4n) is 0.951. The third-order valence-corrected chi connectivity index (χ3v) is 1.87. The van der Waals surface area contributed by atoms with Crippen LogP contribution in [0.3, 0.4) is 0 Å². The van der Waals surface area contributed by atoms with Crippen LogP contribution in [0.2, 0.25) is 0 Å². The van der Waals surface area contributed by atoms with Crippen molar-refractivity contribution in [2.75, 3.05) is 0 Å². The first-order valence-electron chi connectivity index (χ1n) is 4.34. The van der Waals surface area contributed by atoms with Crippen LogP contribution in [0.1, 0.15) is 17.3 Å². The van der Waals surface area contributed by atoms with Gasteiger partial charge in [0, 0.05) is 5.56 Å². The van der Waals surface area contributed by atoms with E-state index in [1.165, 1.54) is 12.1 Å². The van der Waals surface area contributed by atoms with E-state index in [4.69, 9.17) is 0 Å². The predicted molar refractivity (Wildman–Crippen MR) is 49.4 cm³/mol. The van der Waals surface area contributed by atoms with Crippen molar-refractivity contribution in [2.45, 2.75) is 19.1 Å². The first kappa shape index (κ1) is 11.6. The van der Waals surface area contributed by atoms with Crippen LogP contribution in [0, 0.1) is 0 Å². The topological polar surface area (TPSA) is 29.1 Å². The molecule has 0 aliphatic rings. The number of benzene rings is 1. The second kappa shape index (κ2) is 4.33. The molecule has 1 aromatic carbocycles. The quantitative estimate of drug-likeness (QED) is 0.809. The van der Waals surface area contributed by atoms with Crippen molar-refractivity contribution in [3.63, 3.8) is 0 Å². The van der Waals surface area contributed by atoms with Gasteiger partial charge in [-0.1, -0.05) is 18.2 Å². The van der Waals surface area contributed by atoms with Gasteiger partial charge in [0.15, 0.2) is 0 Å². The lowest BCUT2D eigenvalue weighted by atomic mass is 10.2. The molecule has 0 saturated carbocycles. The summed E-state index contributed by atoms with van der Waals surface area (Å²) in [5, 5.41) is 1.87. The molecular formula is C10H10F3NO. The first-order valence-corrected chi connectivity index (χ1v) is 4.34. The number of hydrogen-bond donors (Lipinski definition) is 1. The van der Waals surface area contributed by atoms with Crippen molar-refractivity contribution in [3.05, 3.63) is 35.9 Å². The smallest absolute Gasteiger partial charge is 0.341 e. The molecule has 0 saturated heterocycles. The Morgan fingerprint density at radius 2 is 1.80 bits per heavy atom. The number of rotatable bonds is 2. The van der Waals surface area contributed by atoms with Gasteiger partial charge in [-0.2, -0.15) is 13.2 Å². The molecule has 82 valence electrons. The molecule has 0 aliphatic carbocycles. The highest BCUT2D eigenvalue weighted by Crippen LogP contribution is 2.19. The summed E-state index contributed by atoms with van der Waals surface area (Å²) >= 11 is 0. The molecule has 15 heavy (non-hydrogen) atoms. The average Bonchev–Trinajstić information content (AvgIpc) is 2.17. The van der Waals surface area contributed by atoms with E-state index in [9.17, 15) is 18.0 Å². The minimum absolute atomic E-state index is 0.216. The lowest BCUT2D eigenvalue weighted by Crippen LogP contribution is -2.43. The molecule has 0 aliphatic heterocycles. The van der Waals surface area contributed by atoms with Crippen LogP contribution in [-0.4, -0.2) is 18.1 Å². The van der Waals surface area contributed by atoms with Crippen molar-refractivity contribution in [2.24, 2.45) is 0 Å². The molecule has 1 amide bonds. The Labute approximate surface area is 85.1 Å². The minimum Gasteiger partial charge on any atom is -0.341 e. The van der Waals surface area contributed by atoms with Crippen LogP contribution in [0.4, 0.5) is 13.2 Å². The van der Waals surface area contributed by atoms with E-state index in [2.05, 4.69) is 0 Å². The summed E-state index contributed by atoms with van der Waals surface area (Å²) in [5.41, 5.74) is 0.216. The van der Waals surface area contributed by atoms with Crippen LogP contribution in [0.5, 0.6) is 0 Å². The molecule has 1 atom stereocenters. The number of carbonyl (C=O) groups excluding carboxylic acids is 1. The number of hydrogen-bond acceptors (Lipinski definition) is 1. The van der Waals surface area contributed by atoms with Crippen LogP contribution < -0.4 is 5.32 Å².